The molecule has 5 nitrogen and oxygen atoms in total. The molecule has 0 bridgehead atoms. The fraction of sp³-hybridized carbons (Fsp3) is 0.227. The number of hydrogen-bond donors (Lipinski definition) is 0. The second-order valence-electron chi connectivity index (χ2n) is 6.51. The molecule has 3 rings (SSSR count). The van der Waals surface area contributed by atoms with E-state index in [9.17, 15) is 13.2 Å². The number of allylic oxidation sites excluding steroid dienone is 1. The van der Waals surface area contributed by atoms with E-state index in [1.54, 1.807) is 43.5 Å². The zero-order chi connectivity index (χ0) is 20.1. The van der Waals surface area contributed by atoms with E-state index in [0.717, 1.165) is 24.8 Å². The van der Waals surface area contributed by atoms with Crippen LogP contribution in [-0.4, -0.2) is 25.8 Å². The van der Waals surface area contributed by atoms with Crippen molar-refractivity contribution in [3.8, 4) is 5.75 Å². The molecule has 0 saturated carbocycles. The highest BCUT2D eigenvalue weighted by Crippen LogP contribution is 2.30. The molecular weight excluding hydrogens is 374 g/mol. The number of aryl methyl sites for hydroxylation is 1. The molecule has 0 fully saturated rings. The third-order valence-corrected chi connectivity index (χ3v) is 6.35. The van der Waals surface area contributed by atoms with Gasteiger partial charge in [-0.3, -0.25) is 4.79 Å². The van der Waals surface area contributed by atoms with Crippen LogP contribution in [-0.2, 0) is 21.2 Å². The van der Waals surface area contributed by atoms with Gasteiger partial charge in [0.2, 0.25) is 0 Å². The molecule has 0 unspecified atom stereocenters. The zero-order valence-electron chi connectivity index (χ0n) is 16.0. The van der Waals surface area contributed by atoms with Crippen molar-refractivity contribution in [2.24, 2.45) is 0 Å². The zero-order valence-corrected chi connectivity index (χ0v) is 16.8. The number of carbonyl (C=O) groups is 1. The first-order valence-electron chi connectivity index (χ1n) is 9.16. The van der Waals surface area contributed by atoms with Gasteiger partial charge in [0, 0.05) is 17.1 Å². The maximum Gasteiger partial charge on any atom is 0.268 e. The van der Waals surface area contributed by atoms with E-state index in [-0.39, 0.29) is 4.90 Å². The lowest BCUT2D eigenvalue weighted by Crippen LogP contribution is -2.11. The van der Waals surface area contributed by atoms with Crippen LogP contribution in [0.2, 0.25) is 0 Å². The fourth-order valence-electron chi connectivity index (χ4n) is 3.13. The number of hydrogen-bond acceptors (Lipinski definition) is 4. The standard InChI is InChI=1S/C22H23NO4S/c1-3-4-6-17-8-11-20(12-9-17)28(25,26)23-16-18(7-5-14-24)21-15-19(27-2)10-13-22(21)23/h5,7-16H,3-4,6H2,1-2H3. The van der Waals surface area contributed by atoms with Gasteiger partial charge in [-0.05, 0) is 60.9 Å². The first kappa shape index (κ1) is 19.9. The molecule has 3 aromatic rings. The van der Waals surface area contributed by atoms with E-state index < -0.39 is 10.0 Å². The van der Waals surface area contributed by atoms with Gasteiger partial charge in [0.15, 0.2) is 0 Å². The van der Waals surface area contributed by atoms with Crippen LogP contribution in [0.5, 0.6) is 5.75 Å². The normalized spacial score (nSPS) is 11.9. The average Bonchev–Trinajstić information content (AvgIpc) is 3.09. The van der Waals surface area contributed by atoms with Crippen molar-refractivity contribution in [2.75, 3.05) is 7.11 Å². The topological polar surface area (TPSA) is 65.4 Å². The Labute approximate surface area is 165 Å². The predicted molar refractivity (Wildman–Crippen MR) is 111 cm³/mol. The van der Waals surface area contributed by atoms with Gasteiger partial charge >= 0.3 is 0 Å². The first-order valence-corrected chi connectivity index (χ1v) is 10.6. The maximum atomic E-state index is 13.3. The number of rotatable bonds is 8. The van der Waals surface area contributed by atoms with E-state index in [1.807, 2.05) is 12.1 Å². The molecule has 0 amide bonds. The number of fused-ring (bicyclic) bond motifs is 1. The molecular formula is C22H23NO4S. The molecule has 0 atom stereocenters. The van der Waals surface area contributed by atoms with Gasteiger partial charge in [0.05, 0.1) is 17.5 Å². The number of aldehydes is 1. The molecule has 0 radical (unpaired) electrons. The van der Waals surface area contributed by atoms with Crippen LogP contribution in [0.1, 0.15) is 30.9 Å². The molecule has 0 N–H and O–H groups in total. The minimum atomic E-state index is -3.77. The van der Waals surface area contributed by atoms with E-state index in [4.69, 9.17) is 4.74 Å². The summed E-state index contributed by atoms with van der Waals surface area (Å²) < 4.78 is 33.0. The van der Waals surface area contributed by atoms with Crippen molar-refractivity contribution >= 4 is 33.3 Å². The van der Waals surface area contributed by atoms with Gasteiger partial charge in [0.25, 0.3) is 10.0 Å². The Balaban J connectivity index is 2.10. The number of benzene rings is 2. The summed E-state index contributed by atoms with van der Waals surface area (Å²) in [5.74, 6) is 0.615. The lowest BCUT2D eigenvalue weighted by atomic mass is 10.1. The molecule has 1 aromatic heterocycles. The van der Waals surface area contributed by atoms with Gasteiger partial charge < -0.3 is 4.74 Å². The summed E-state index contributed by atoms with van der Waals surface area (Å²) in [7, 11) is -2.22. The molecule has 1 heterocycles. The Morgan fingerprint density at radius 3 is 2.50 bits per heavy atom. The molecule has 146 valence electrons. The van der Waals surface area contributed by atoms with Crippen LogP contribution in [0.4, 0.5) is 0 Å². The lowest BCUT2D eigenvalue weighted by Gasteiger charge is -2.09. The third kappa shape index (κ3) is 3.87. The van der Waals surface area contributed by atoms with Crippen molar-refractivity contribution in [1.29, 1.82) is 0 Å². The lowest BCUT2D eigenvalue weighted by molar-refractivity contribution is -0.104. The molecule has 0 aliphatic heterocycles. The van der Waals surface area contributed by atoms with Crippen molar-refractivity contribution in [2.45, 2.75) is 31.1 Å². The number of methoxy groups -OCH3 is 1. The molecule has 0 aliphatic rings. The van der Waals surface area contributed by atoms with Crippen LogP contribution >= 0.6 is 0 Å². The average molecular weight is 397 g/mol. The van der Waals surface area contributed by atoms with Crippen LogP contribution in [0.3, 0.4) is 0 Å². The first-order chi connectivity index (χ1) is 13.5. The molecule has 0 saturated heterocycles. The van der Waals surface area contributed by atoms with Gasteiger partial charge in [-0.25, -0.2) is 12.4 Å². The van der Waals surface area contributed by atoms with E-state index in [0.29, 0.717) is 28.5 Å². The van der Waals surface area contributed by atoms with Crippen molar-refractivity contribution in [3.63, 3.8) is 0 Å². The minimum Gasteiger partial charge on any atom is -0.497 e. The summed E-state index contributed by atoms with van der Waals surface area (Å²) in [6.45, 7) is 2.13. The Morgan fingerprint density at radius 2 is 1.86 bits per heavy atom. The Morgan fingerprint density at radius 1 is 1.11 bits per heavy atom. The fourth-order valence-corrected chi connectivity index (χ4v) is 4.51. The summed E-state index contributed by atoms with van der Waals surface area (Å²) >= 11 is 0. The highest BCUT2D eigenvalue weighted by molar-refractivity contribution is 7.90. The Kier molecular flexibility index (Phi) is 5.99. The molecule has 2 aromatic carbocycles. The second kappa shape index (κ2) is 8.44. The largest absolute Gasteiger partial charge is 0.497 e. The summed E-state index contributed by atoms with van der Waals surface area (Å²) in [4.78, 5) is 11.0. The predicted octanol–water partition coefficient (Wildman–Crippen LogP) is 4.44. The van der Waals surface area contributed by atoms with E-state index in [1.165, 1.54) is 16.2 Å². The number of unbranched alkanes of at least 4 members (excludes halogenated alkanes) is 1. The minimum absolute atomic E-state index is 0.228. The summed E-state index contributed by atoms with van der Waals surface area (Å²) in [6, 6.07) is 12.2. The van der Waals surface area contributed by atoms with Crippen LogP contribution in [0.25, 0.3) is 17.0 Å². The smallest absolute Gasteiger partial charge is 0.268 e. The van der Waals surface area contributed by atoms with Gasteiger partial charge in [-0.2, -0.15) is 0 Å². The Bertz CT molecular complexity index is 1110. The van der Waals surface area contributed by atoms with Crippen molar-refractivity contribution in [1.82, 2.24) is 3.97 Å². The maximum absolute atomic E-state index is 13.3. The van der Waals surface area contributed by atoms with E-state index >= 15 is 0 Å². The summed E-state index contributed by atoms with van der Waals surface area (Å²) in [5.41, 5.74) is 2.28. The van der Waals surface area contributed by atoms with Crippen molar-refractivity contribution in [3.05, 3.63) is 65.9 Å². The van der Waals surface area contributed by atoms with Crippen LogP contribution in [0, 0.1) is 0 Å². The quantitative estimate of drug-likeness (QED) is 0.416. The van der Waals surface area contributed by atoms with Gasteiger partial charge in [0.1, 0.15) is 12.0 Å². The van der Waals surface area contributed by atoms with E-state index in [2.05, 4.69) is 6.92 Å². The highest BCUT2D eigenvalue weighted by atomic mass is 32.2. The molecule has 0 aliphatic carbocycles. The van der Waals surface area contributed by atoms with Crippen LogP contribution < -0.4 is 4.74 Å². The SMILES string of the molecule is CCCCc1ccc(S(=O)(=O)n2cc(C=CC=O)c3cc(OC)ccc32)cc1. The van der Waals surface area contributed by atoms with Gasteiger partial charge in [-0.15, -0.1) is 0 Å². The molecule has 6 heteroatoms. The Hall–Kier alpha value is -2.86. The number of carbonyl (C=O) groups excluding carboxylic acids is 1. The highest BCUT2D eigenvalue weighted by Gasteiger charge is 2.21. The molecule has 28 heavy (non-hydrogen) atoms. The second-order valence-corrected chi connectivity index (χ2v) is 8.33. The monoisotopic (exact) mass is 397 g/mol. The summed E-state index contributed by atoms with van der Waals surface area (Å²) in [6.07, 6.45) is 8.22. The number of ether oxygens (including phenoxy) is 1. The molecule has 0 spiro atoms. The van der Waals surface area contributed by atoms with Crippen LogP contribution in [0.15, 0.2) is 59.6 Å². The number of nitrogens with zero attached hydrogens (tertiary/aromatic N) is 1. The van der Waals surface area contributed by atoms with Gasteiger partial charge in [-0.1, -0.05) is 25.5 Å². The summed E-state index contributed by atoms with van der Waals surface area (Å²) in [5, 5.41) is 0.695. The third-order valence-electron chi connectivity index (χ3n) is 4.66. The van der Waals surface area contributed by atoms with Crippen molar-refractivity contribution < 1.29 is 17.9 Å². The number of aromatic nitrogens is 1.